The van der Waals surface area contributed by atoms with E-state index in [2.05, 4.69) is 31.8 Å². The second-order valence-electron chi connectivity index (χ2n) is 26.9. The number of pyridine rings is 1. The van der Waals surface area contributed by atoms with Crippen molar-refractivity contribution in [3.63, 3.8) is 0 Å². The molecule has 530 valence electrons. The van der Waals surface area contributed by atoms with Crippen LogP contribution in [0.5, 0.6) is 0 Å². The minimum absolute atomic E-state index is 0.0296. The number of nitrogens with zero attached hydrogens (tertiary/aromatic N) is 9. The van der Waals surface area contributed by atoms with Crippen LogP contribution >= 0.6 is 0 Å². The fourth-order valence-corrected chi connectivity index (χ4v) is 14.4. The molecular formula is C75H88F7N9O8. The first-order valence-corrected chi connectivity index (χ1v) is 34.0. The first-order chi connectivity index (χ1) is 47.3. The van der Waals surface area contributed by atoms with E-state index in [0.717, 1.165) is 78.2 Å². The minimum atomic E-state index is -5.15. The second kappa shape index (κ2) is 32.4. The van der Waals surface area contributed by atoms with Gasteiger partial charge in [-0.15, -0.1) is 0 Å². The van der Waals surface area contributed by atoms with Crippen molar-refractivity contribution in [2.75, 3.05) is 118 Å². The van der Waals surface area contributed by atoms with Crippen LogP contribution in [0, 0.1) is 5.82 Å². The molecule has 3 fully saturated rings. The van der Waals surface area contributed by atoms with Crippen LogP contribution in [0.3, 0.4) is 0 Å². The zero-order valence-electron chi connectivity index (χ0n) is 56.6. The number of carbonyl (C=O) groups excluding carboxylic acids is 4. The largest absolute Gasteiger partial charge is 0.465 e. The molecule has 0 radical (unpaired) electrons. The van der Waals surface area contributed by atoms with Gasteiger partial charge in [-0.1, -0.05) is 97.4 Å². The molecule has 24 heteroatoms. The van der Waals surface area contributed by atoms with E-state index in [0.29, 0.717) is 120 Å². The molecule has 5 aromatic carbocycles. The lowest BCUT2D eigenvalue weighted by atomic mass is 9.72. The van der Waals surface area contributed by atoms with Gasteiger partial charge in [-0.3, -0.25) is 29.1 Å². The Hall–Kier alpha value is -8.29. The summed E-state index contributed by atoms with van der Waals surface area (Å²) in [6.07, 6.45) is -2.66. The lowest BCUT2D eigenvalue weighted by Crippen LogP contribution is -2.50. The Labute approximate surface area is 574 Å². The maximum Gasteiger partial charge on any atom is 0.416 e. The van der Waals surface area contributed by atoms with E-state index in [9.17, 15) is 59.8 Å². The van der Waals surface area contributed by atoms with Crippen LogP contribution in [0.1, 0.15) is 118 Å². The first-order valence-electron chi connectivity index (χ1n) is 34.0. The van der Waals surface area contributed by atoms with Crippen molar-refractivity contribution in [2.45, 2.75) is 113 Å². The van der Waals surface area contributed by atoms with Crippen molar-refractivity contribution >= 4 is 35.4 Å². The molecule has 0 unspecified atom stereocenters. The number of rotatable bonds is 27. The average molecular weight is 1380 g/mol. The molecule has 3 aliphatic heterocycles. The third-order valence-electron chi connectivity index (χ3n) is 20.2. The number of hydrogen-bond acceptors (Lipinski definition) is 11. The molecule has 99 heavy (non-hydrogen) atoms. The van der Waals surface area contributed by atoms with Crippen LogP contribution in [0.25, 0.3) is 11.1 Å². The Morgan fingerprint density at radius 3 is 2.00 bits per heavy atom. The fourth-order valence-electron chi connectivity index (χ4n) is 14.4. The van der Waals surface area contributed by atoms with Crippen LogP contribution in [0.15, 0.2) is 140 Å². The number of unbranched alkanes of at least 4 members (excludes halogenated alkanes) is 2. The predicted molar refractivity (Wildman–Crippen MR) is 361 cm³/mol. The van der Waals surface area contributed by atoms with Gasteiger partial charge in [0.25, 0.3) is 11.8 Å². The summed E-state index contributed by atoms with van der Waals surface area (Å²) in [4.78, 5) is 85.5. The molecule has 3 saturated heterocycles. The predicted octanol–water partition coefficient (Wildman–Crippen LogP) is 12.3. The number of para-hydroxylation sites is 1. The molecule has 5 amide bonds. The van der Waals surface area contributed by atoms with Crippen molar-refractivity contribution in [1.29, 1.82) is 0 Å². The third kappa shape index (κ3) is 18.2. The SMILES string of the molecule is CN(CCCCCC(=O)N(C)CCN1CCC(N(C(=O)O)c2ccccc2-c2ccccc2)CC1)Cc1ccc(C(=O)N(C)CCCN(C)C(=O)CO[C@H]2Cc3ccccc3C23CCN(CC[C@@]2(c4ccc(F)cc4)CN(C(=O)c4cc(C(F)(F)F)cc(C(F)(F)F)c4)CO2)CC3)nc1. The molecule has 6 aromatic rings. The highest BCUT2D eigenvalue weighted by molar-refractivity contribution is 5.95. The number of likely N-dealkylation sites (tertiary alicyclic amines) is 2. The Balaban J connectivity index is 0.614. The molecule has 0 bridgehead atoms. The van der Waals surface area contributed by atoms with E-state index in [4.69, 9.17) is 9.47 Å². The van der Waals surface area contributed by atoms with Gasteiger partial charge in [-0.05, 0) is 155 Å². The van der Waals surface area contributed by atoms with Gasteiger partial charge >= 0.3 is 18.4 Å². The quantitative estimate of drug-likeness (QED) is 0.0384. The summed E-state index contributed by atoms with van der Waals surface area (Å²) in [6.45, 7) is 5.88. The highest BCUT2D eigenvalue weighted by Gasteiger charge is 2.50. The number of hydrogen-bond donors (Lipinski definition) is 1. The van der Waals surface area contributed by atoms with Gasteiger partial charge < -0.3 is 48.9 Å². The van der Waals surface area contributed by atoms with Crippen molar-refractivity contribution in [3.8, 4) is 11.1 Å². The summed E-state index contributed by atoms with van der Waals surface area (Å²) in [5, 5.41) is 10.4. The lowest BCUT2D eigenvalue weighted by molar-refractivity contribution is -0.143. The fraction of sp³-hybridized carbons (Fsp3) is 0.467. The van der Waals surface area contributed by atoms with Crippen LogP contribution in [0.4, 0.5) is 41.2 Å². The summed E-state index contributed by atoms with van der Waals surface area (Å²) in [5.41, 5.74) is 0.921. The van der Waals surface area contributed by atoms with E-state index in [1.807, 2.05) is 86.9 Å². The standard InChI is InChI=1S/C75H88F7N9O8/c1-84(34-14-6-9-22-67(92)86(3)42-43-88-37-29-61(30-38-88)91(71(96)97)65-21-13-11-19-62(65)54-16-7-5-8-17-54)49-53-23-28-64(83-48-53)70(95)87(4)36-15-35-85(2)68(93)50-98-66-46-55-18-10-12-20-63(55)72(66)31-39-89(40-32-72)41-33-73(57-24-26-60(76)27-25-57)51-90(52-99-73)69(94)56-44-58(74(77,78)79)47-59(45-56)75(80,81)82/h5,7-8,10-13,16-21,23-28,44-45,47-48,61,66H,6,9,14-15,22,29-43,46,49-52H2,1-4H3,(H,96,97)/t66-,73-/m0/s1. The summed E-state index contributed by atoms with van der Waals surface area (Å²) < 4.78 is 110. The highest BCUT2D eigenvalue weighted by Crippen LogP contribution is 2.49. The number of piperidine rings is 2. The number of ether oxygens (including phenoxy) is 2. The van der Waals surface area contributed by atoms with Crippen LogP contribution in [-0.2, 0) is 55.4 Å². The van der Waals surface area contributed by atoms with E-state index in [-0.39, 0.29) is 55.5 Å². The third-order valence-corrected chi connectivity index (χ3v) is 20.2. The van der Waals surface area contributed by atoms with Gasteiger partial charge in [0.1, 0.15) is 30.4 Å². The monoisotopic (exact) mass is 1380 g/mol. The molecule has 17 nitrogen and oxygen atoms in total. The Bertz CT molecular complexity index is 3710. The second-order valence-corrected chi connectivity index (χ2v) is 26.9. The Morgan fingerprint density at radius 1 is 0.677 bits per heavy atom. The Kier molecular flexibility index (Phi) is 24.0. The van der Waals surface area contributed by atoms with Crippen LogP contribution < -0.4 is 4.90 Å². The molecule has 4 aliphatic rings. The van der Waals surface area contributed by atoms with E-state index < -0.39 is 64.6 Å². The normalized spacial score (nSPS) is 18.2. The van der Waals surface area contributed by atoms with Crippen LogP contribution in [0.2, 0.25) is 0 Å². The molecule has 10 rings (SSSR count). The van der Waals surface area contributed by atoms with Crippen molar-refractivity contribution in [2.24, 2.45) is 0 Å². The van der Waals surface area contributed by atoms with Crippen molar-refractivity contribution < 1.29 is 69.3 Å². The number of likely N-dealkylation sites (N-methyl/N-ethyl adjacent to an activating group) is 2. The highest BCUT2D eigenvalue weighted by atomic mass is 19.4. The number of anilines is 1. The first kappa shape index (κ1) is 73.4. The molecular weight excluding hydrogens is 1290 g/mol. The maximum absolute atomic E-state index is 14.2. The molecule has 1 spiro atoms. The topological polar surface area (TPSA) is 163 Å². The van der Waals surface area contributed by atoms with Gasteiger partial charge in [0, 0.05) is 109 Å². The van der Waals surface area contributed by atoms with Gasteiger partial charge in [-0.25, -0.2) is 9.18 Å². The Morgan fingerprint density at radius 2 is 1.32 bits per heavy atom. The van der Waals surface area contributed by atoms with E-state index >= 15 is 0 Å². The number of halogens is 7. The van der Waals surface area contributed by atoms with Crippen molar-refractivity contribution in [3.05, 3.63) is 190 Å². The molecule has 1 aliphatic carbocycles. The summed E-state index contributed by atoms with van der Waals surface area (Å²) in [7, 11) is 7.30. The number of carbonyl (C=O) groups is 5. The molecule has 0 saturated carbocycles. The van der Waals surface area contributed by atoms with Gasteiger partial charge in [0.15, 0.2) is 0 Å². The maximum atomic E-state index is 14.2. The van der Waals surface area contributed by atoms with Gasteiger partial charge in [0.2, 0.25) is 11.8 Å². The minimum Gasteiger partial charge on any atom is -0.465 e. The van der Waals surface area contributed by atoms with Crippen molar-refractivity contribution in [1.82, 2.24) is 39.3 Å². The molecule has 1 aromatic heterocycles. The zero-order chi connectivity index (χ0) is 70.7. The molecule has 1 N–H and O–H groups in total. The van der Waals surface area contributed by atoms with E-state index in [1.54, 1.807) is 41.1 Å². The summed E-state index contributed by atoms with van der Waals surface area (Å²) in [6, 6.07) is 35.3. The van der Waals surface area contributed by atoms with Gasteiger partial charge in [0.05, 0.1) is 29.5 Å². The number of alkyl halides is 6. The average Bonchev–Trinajstić information content (AvgIpc) is 1.67. The summed E-state index contributed by atoms with van der Waals surface area (Å²) >= 11 is 0. The number of amides is 5. The number of aromatic nitrogens is 1. The van der Waals surface area contributed by atoms with Crippen LogP contribution in [-0.4, -0.2) is 200 Å². The zero-order valence-corrected chi connectivity index (χ0v) is 56.6. The smallest absolute Gasteiger partial charge is 0.416 e. The number of benzene rings is 5. The van der Waals surface area contributed by atoms with Gasteiger partial charge in [-0.2, -0.15) is 26.3 Å². The number of carboxylic acid groups (broad SMARTS) is 1. The number of fused-ring (bicyclic) bond motifs is 2. The molecule has 4 heterocycles. The van der Waals surface area contributed by atoms with E-state index in [1.165, 1.54) is 29.2 Å². The molecule has 2 atom stereocenters. The lowest BCUT2D eigenvalue weighted by Gasteiger charge is -2.44. The summed E-state index contributed by atoms with van der Waals surface area (Å²) in [5.74, 6) is -1.94.